The molecule has 1 aromatic carbocycles. The van der Waals surface area contributed by atoms with Gasteiger partial charge in [0.05, 0.1) is 34.0 Å². The lowest BCUT2D eigenvalue weighted by Gasteiger charge is -2.30. The Balaban J connectivity index is 1.66. The van der Waals surface area contributed by atoms with Crippen molar-refractivity contribution in [3.05, 3.63) is 58.3 Å². The molecule has 1 fully saturated rings. The molecule has 0 atom stereocenters. The average Bonchev–Trinajstić information content (AvgIpc) is 3.41. The van der Waals surface area contributed by atoms with Crippen LogP contribution in [0.2, 0.25) is 10.0 Å². The van der Waals surface area contributed by atoms with Gasteiger partial charge in [0, 0.05) is 26.3 Å². The van der Waals surface area contributed by atoms with Crippen molar-refractivity contribution in [2.75, 3.05) is 19.7 Å². The maximum absolute atomic E-state index is 13.5. The molecule has 3 heterocycles. The minimum atomic E-state index is -0.188. The van der Waals surface area contributed by atoms with E-state index in [1.165, 1.54) is 0 Å². The third-order valence-corrected chi connectivity index (χ3v) is 6.42. The SMILES string of the molecule is CCOC(=O)C1CCN(C(=O)c2cc(-c3cccn3C)nn2-c2ccc(Cl)c(Cl)c2)CC1. The van der Waals surface area contributed by atoms with Crippen LogP contribution < -0.4 is 0 Å². The van der Waals surface area contributed by atoms with Gasteiger partial charge in [-0.1, -0.05) is 23.2 Å². The molecule has 168 valence electrons. The molecule has 1 amide bonds. The summed E-state index contributed by atoms with van der Waals surface area (Å²) in [5.41, 5.74) is 2.63. The number of ether oxygens (including phenoxy) is 1. The summed E-state index contributed by atoms with van der Waals surface area (Å²) in [5, 5.41) is 5.52. The van der Waals surface area contributed by atoms with Gasteiger partial charge in [-0.3, -0.25) is 9.59 Å². The number of benzene rings is 1. The van der Waals surface area contributed by atoms with E-state index >= 15 is 0 Å². The maximum Gasteiger partial charge on any atom is 0.309 e. The summed E-state index contributed by atoms with van der Waals surface area (Å²) >= 11 is 12.3. The molecule has 0 saturated carbocycles. The van der Waals surface area contributed by atoms with Crippen LogP contribution in [0, 0.1) is 5.92 Å². The van der Waals surface area contributed by atoms with Gasteiger partial charge in [-0.05, 0) is 56.2 Å². The van der Waals surface area contributed by atoms with E-state index < -0.39 is 0 Å². The van der Waals surface area contributed by atoms with Crippen LogP contribution in [0.4, 0.5) is 0 Å². The summed E-state index contributed by atoms with van der Waals surface area (Å²) < 4.78 is 8.68. The predicted molar refractivity (Wildman–Crippen MR) is 123 cm³/mol. The van der Waals surface area contributed by atoms with E-state index in [0.29, 0.717) is 59.7 Å². The Labute approximate surface area is 196 Å². The van der Waals surface area contributed by atoms with Crippen LogP contribution in [0.3, 0.4) is 0 Å². The first-order chi connectivity index (χ1) is 15.4. The van der Waals surface area contributed by atoms with E-state index in [9.17, 15) is 9.59 Å². The van der Waals surface area contributed by atoms with Crippen molar-refractivity contribution >= 4 is 35.1 Å². The molecule has 1 aliphatic rings. The number of esters is 1. The largest absolute Gasteiger partial charge is 0.466 e. The van der Waals surface area contributed by atoms with Crippen molar-refractivity contribution in [1.82, 2.24) is 19.2 Å². The van der Waals surface area contributed by atoms with Crippen LogP contribution in [0.1, 0.15) is 30.3 Å². The van der Waals surface area contributed by atoms with Crippen LogP contribution in [-0.4, -0.2) is 50.8 Å². The fourth-order valence-corrected chi connectivity index (χ4v) is 4.23. The summed E-state index contributed by atoms with van der Waals surface area (Å²) in [6.07, 6.45) is 3.08. The number of likely N-dealkylation sites (tertiary alicyclic amines) is 1. The molecule has 3 aromatic rings. The maximum atomic E-state index is 13.5. The molecule has 1 aliphatic heterocycles. The zero-order valence-corrected chi connectivity index (χ0v) is 19.4. The molecule has 9 heteroatoms. The molecule has 0 bridgehead atoms. The highest BCUT2D eigenvalue weighted by Crippen LogP contribution is 2.28. The quantitative estimate of drug-likeness (QED) is 0.506. The van der Waals surface area contributed by atoms with Crippen molar-refractivity contribution in [3.63, 3.8) is 0 Å². The normalized spacial score (nSPS) is 14.6. The number of aromatic nitrogens is 3. The van der Waals surface area contributed by atoms with Gasteiger partial charge in [-0.2, -0.15) is 5.10 Å². The van der Waals surface area contributed by atoms with Crippen LogP contribution in [-0.2, 0) is 16.6 Å². The van der Waals surface area contributed by atoms with Crippen molar-refractivity contribution < 1.29 is 14.3 Å². The van der Waals surface area contributed by atoms with E-state index in [4.69, 9.17) is 33.0 Å². The smallest absolute Gasteiger partial charge is 0.309 e. The number of carbonyl (C=O) groups excluding carboxylic acids is 2. The molecular weight excluding hydrogens is 451 g/mol. The highest BCUT2D eigenvalue weighted by molar-refractivity contribution is 6.42. The molecule has 0 aliphatic carbocycles. The Morgan fingerprint density at radius 1 is 1.12 bits per heavy atom. The molecule has 4 rings (SSSR count). The second-order valence-corrected chi connectivity index (χ2v) is 8.56. The molecule has 7 nitrogen and oxygen atoms in total. The molecule has 32 heavy (non-hydrogen) atoms. The first kappa shape index (κ1) is 22.4. The van der Waals surface area contributed by atoms with Gasteiger partial charge in [0.1, 0.15) is 11.4 Å². The van der Waals surface area contributed by atoms with Gasteiger partial charge < -0.3 is 14.2 Å². The number of amides is 1. The molecule has 1 saturated heterocycles. The van der Waals surface area contributed by atoms with Crippen molar-refractivity contribution in [3.8, 4) is 17.1 Å². The fourth-order valence-electron chi connectivity index (χ4n) is 3.94. The second kappa shape index (κ2) is 9.38. The minimum Gasteiger partial charge on any atom is -0.466 e. The molecular formula is C23H24Cl2N4O3. The van der Waals surface area contributed by atoms with E-state index in [1.807, 2.05) is 29.9 Å². The molecule has 0 N–H and O–H groups in total. The first-order valence-electron chi connectivity index (χ1n) is 10.5. The zero-order chi connectivity index (χ0) is 22.8. The number of piperidine rings is 1. The van der Waals surface area contributed by atoms with Gasteiger partial charge in [0.2, 0.25) is 0 Å². The van der Waals surface area contributed by atoms with Crippen LogP contribution in [0.25, 0.3) is 17.1 Å². The summed E-state index contributed by atoms with van der Waals surface area (Å²) in [4.78, 5) is 27.3. The van der Waals surface area contributed by atoms with E-state index in [1.54, 1.807) is 40.8 Å². The van der Waals surface area contributed by atoms with Gasteiger partial charge in [0.15, 0.2) is 0 Å². The average molecular weight is 475 g/mol. The number of nitrogens with zero attached hydrogens (tertiary/aromatic N) is 4. The Morgan fingerprint density at radius 3 is 2.50 bits per heavy atom. The number of aryl methyl sites for hydroxylation is 1. The summed E-state index contributed by atoms with van der Waals surface area (Å²) in [6.45, 7) is 3.12. The van der Waals surface area contributed by atoms with Crippen molar-refractivity contribution in [2.45, 2.75) is 19.8 Å². The lowest BCUT2D eigenvalue weighted by Crippen LogP contribution is -2.41. The van der Waals surface area contributed by atoms with Crippen LogP contribution in [0.15, 0.2) is 42.6 Å². The van der Waals surface area contributed by atoms with E-state index in [0.717, 1.165) is 5.69 Å². The van der Waals surface area contributed by atoms with Gasteiger partial charge in [-0.15, -0.1) is 0 Å². The fraction of sp³-hybridized carbons (Fsp3) is 0.348. The minimum absolute atomic E-state index is 0.147. The predicted octanol–water partition coefficient (Wildman–Crippen LogP) is 4.60. The van der Waals surface area contributed by atoms with Crippen molar-refractivity contribution in [1.29, 1.82) is 0 Å². The topological polar surface area (TPSA) is 69.4 Å². The van der Waals surface area contributed by atoms with E-state index in [-0.39, 0.29) is 17.8 Å². The third kappa shape index (κ3) is 4.40. The van der Waals surface area contributed by atoms with Crippen molar-refractivity contribution in [2.24, 2.45) is 13.0 Å². The van der Waals surface area contributed by atoms with Crippen LogP contribution in [0.5, 0.6) is 0 Å². The monoisotopic (exact) mass is 474 g/mol. The molecule has 2 aromatic heterocycles. The lowest BCUT2D eigenvalue weighted by atomic mass is 9.97. The van der Waals surface area contributed by atoms with Crippen LogP contribution >= 0.6 is 23.2 Å². The first-order valence-corrected chi connectivity index (χ1v) is 11.3. The number of carbonyl (C=O) groups is 2. The van der Waals surface area contributed by atoms with E-state index in [2.05, 4.69) is 0 Å². The molecule has 0 radical (unpaired) electrons. The Morgan fingerprint density at radius 2 is 1.88 bits per heavy atom. The van der Waals surface area contributed by atoms with Gasteiger partial charge >= 0.3 is 5.97 Å². The van der Waals surface area contributed by atoms with Gasteiger partial charge in [-0.25, -0.2) is 4.68 Å². The number of rotatable bonds is 5. The highest BCUT2D eigenvalue weighted by atomic mass is 35.5. The molecule has 0 spiro atoms. The summed E-state index contributed by atoms with van der Waals surface area (Å²) in [7, 11) is 1.93. The summed E-state index contributed by atoms with van der Waals surface area (Å²) in [6, 6.07) is 10.8. The Kier molecular flexibility index (Phi) is 6.58. The Hall–Kier alpha value is -2.77. The standard InChI is InChI=1S/C23H24Cl2N4O3/c1-3-32-23(31)15-8-11-28(12-9-15)22(30)21-14-19(20-5-4-10-27(20)2)26-29(21)16-6-7-17(24)18(25)13-16/h4-7,10,13-15H,3,8-9,11-12H2,1-2H3. The molecule has 0 unspecified atom stereocenters. The van der Waals surface area contributed by atoms with Gasteiger partial charge in [0.25, 0.3) is 5.91 Å². The number of hydrogen-bond donors (Lipinski definition) is 0. The second-order valence-electron chi connectivity index (χ2n) is 7.75. The number of halogens is 2. The third-order valence-electron chi connectivity index (χ3n) is 5.68. The highest BCUT2D eigenvalue weighted by Gasteiger charge is 2.30. The summed E-state index contributed by atoms with van der Waals surface area (Å²) in [5.74, 6) is -0.504. The Bertz CT molecular complexity index is 1150. The zero-order valence-electron chi connectivity index (χ0n) is 17.9. The number of hydrogen-bond acceptors (Lipinski definition) is 4. The lowest BCUT2D eigenvalue weighted by molar-refractivity contribution is -0.149.